The molecule has 6 heteroatoms. The van der Waals surface area contributed by atoms with Crippen LogP contribution in [0.3, 0.4) is 0 Å². The lowest BCUT2D eigenvalue weighted by Gasteiger charge is -2.10. The highest BCUT2D eigenvalue weighted by Crippen LogP contribution is 2.43. The van der Waals surface area contributed by atoms with E-state index in [0.717, 1.165) is 12.8 Å². The molecule has 0 radical (unpaired) electrons. The van der Waals surface area contributed by atoms with E-state index in [0.29, 0.717) is 28.8 Å². The predicted octanol–water partition coefficient (Wildman–Crippen LogP) is 3.42. The van der Waals surface area contributed by atoms with E-state index < -0.39 is 6.09 Å². The molecule has 0 aromatic heterocycles. The number of carbonyl (C=O) groups is 1. The molecule has 1 amide bonds. The van der Waals surface area contributed by atoms with Crippen molar-refractivity contribution in [1.82, 2.24) is 0 Å². The van der Waals surface area contributed by atoms with Crippen molar-refractivity contribution in [3.63, 3.8) is 0 Å². The summed E-state index contributed by atoms with van der Waals surface area (Å²) in [5.41, 5.74) is 0.383. The molecule has 1 aromatic carbocycles. The second kappa shape index (κ2) is 5.82. The maximum absolute atomic E-state index is 11.6. The number of halogens is 1. The number of hydrogen-bond donors (Lipinski definition) is 1. The number of benzene rings is 1. The zero-order chi connectivity index (χ0) is 13.0. The van der Waals surface area contributed by atoms with E-state index in [9.17, 15) is 4.79 Å². The second-order valence-electron chi connectivity index (χ2n) is 3.77. The Bertz CT molecular complexity index is 450. The minimum Gasteiger partial charge on any atom is -0.454 e. The topological polar surface area (TPSA) is 56.8 Å². The molecule has 0 aliphatic carbocycles. The third-order valence-corrected chi connectivity index (χ3v) is 2.76. The SMILES string of the molecule is CCCCOC(=O)Nc1c(Cl)ccc2c1OCO2. The summed E-state index contributed by atoms with van der Waals surface area (Å²) in [5.74, 6) is 0.998. The molecular weight excluding hydrogens is 258 g/mol. The van der Waals surface area contributed by atoms with Crippen LogP contribution in [0.4, 0.5) is 10.5 Å². The van der Waals surface area contributed by atoms with E-state index in [-0.39, 0.29) is 6.79 Å². The molecule has 98 valence electrons. The van der Waals surface area contributed by atoms with Crippen LogP contribution in [0.25, 0.3) is 0 Å². The summed E-state index contributed by atoms with van der Waals surface area (Å²) < 4.78 is 15.5. The van der Waals surface area contributed by atoms with E-state index in [1.54, 1.807) is 12.1 Å². The lowest BCUT2D eigenvalue weighted by molar-refractivity contribution is 0.159. The number of carbonyl (C=O) groups excluding carboxylic acids is 1. The van der Waals surface area contributed by atoms with Crippen LogP contribution < -0.4 is 14.8 Å². The number of fused-ring (bicyclic) bond motifs is 1. The van der Waals surface area contributed by atoms with Gasteiger partial charge in [-0.3, -0.25) is 5.32 Å². The standard InChI is InChI=1S/C12H14ClNO4/c1-2-3-6-16-12(15)14-10-8(13)4-5-9-11(10)18-7-17-9/h4-5H,2-3,6-7H2,1H3,(H,14,15). The van der Waals surface area contributed by atoms with Crippen molar-refractivity contribution in [2.45, 2.75) is 19.8 Å². The van der Waals surface area contributed by atoms with E-state index >= 15 is 0 Å². The summed E-state index contributed by atoms with van der Waals surface area (Å²) in [7, 11) is 0. The first-order chi connectivity index (χ1) is 8.72. The van der Waals surface area contributed by atoms with Crippen molar-refractivity contribution in [3.8, 4) is 11.5 Å². The lowest BCUT2D eigenvalue weighted by Crippen LogP contribution is -2.15. The second-order valence-corrected chi connectivity index (χ2v) is 4.18. The Kier molecular flexibility index (Phi) is 4.15. The highest BCUT2D eigenvalue weighted by molar-refractivity contribution is 6.34. The molecule has 1 aliphatic heterocycles. The maximum Gasteiger partial charge on any atom is 0.411 e. The molecule has 2 rings (SSSR count). The Morgan fingerprint density at radius 1 is 1.50 bits per heavy atom. The number of unbranched alkanes of at least 4 members (excludes halogenated alkanes) is 1. The van der Waals surface area contributed by atoms with E-state index in [2.05, 4.69) is 5.32 Å². The lowest BCUT2D eigenvalue weighted by atomic mass is 10.2. The van der Waals surface area contributed by atoms with Gasteiger partial charge in [-0.05, 0) is 18.6 Å². The van der Waals surface area contributed by atoms with Crippen molar-refractivity contribution >= 4 is 23.4 Å². The minimum absolute atomic E-state index is 0.120. The van der Waals surface area contributed by atoms with Gasteiger partial charge in [-0.1, -0.05) is 24.9 Å². The highest BCUT2D eigenvalue weighted by atomic mass is 35.5. The van der Waals surface area contributed by atoms with Crippen LogP contribution in [-0.4, -0.2) is 19.5 Å². The molecule has 18 heavy (non-hydrogen) atoms. The monoisotopic (exact) mass is 271 g/mol. The van der Waals surface area contributed by atoms with Gasteiger partial charge >= 0.3 is 6.09 Å². The van der Waals surface area contributed by atoms with Gasteiger partial charge < -0.3 is 14.2 Å². The van der Waals surface area contributed by atoms with E-state index in [1.807, 2.05) is 6.92 Å². The molecule has 1 heterocycles. The first kappa shape index (κ1) is 12.8. The Hall–Kier alpha value is -1.62. The van der Waals surface area contributed by atoms with Gasteiger partial charge in [0.15, 0.2) is 11.5 Å². The highest BCUT2D eigenvalue weighted by Gasteiger charge is 2.22. The van der Waals surface area contributed by atoms with Gasteiger partial charge in [0, 0.05) is 0 Å². The zero-order valence-corrected chi connectivity index (χ0v) is 10.8. The van der Waals surface area contributed by atoms with Crippen LogP contribution in [0.15, 0.2) is 12.1 Å². The summed E-state index contributed by atoms with van der Waals surface area (Å²) >= 11 is 6.01. The summed E-state index contributed by atoms with van der Waals surface area (Å²) in [5, 5.41) is 2.95. The molecule has 0 bridgehead atoms. The van der Waals surface area contributed by atoms with Crippen molar-refractivity contribution in [1.29, 1.82) is 0 Å². The maximum atomic E-state index is 11.6. The third kappa shape index (κ3) is 2.79. The van der Waals surface area contributed by atoms with Crippen LogP contribution in [0.5, 0.6) is 11.5 Å². The number of anilines is 1. The fraction of sp³-hybridized carbons (Fsp3) is 0.417. The first-order valence-electron chi connectivity index (χ1n) is 5.74. The average molecular weight is 272 g/mol. The fourth-order valence-electron chi connectivity index (χ4n) is 1.51. The van der Waals surface area contributed by atoms with Gasteiger partial charge in [0.2, 0.25) is 6.79 Å². The molecule has 1 aliphatic rings. The number of hydrogen-bond acceptors (Lipinski definition) is 4. The van der Waals surface area contributed by atoms with E-state index in [4.69, 9.17) is 25.8 Å². The van der Waals surface area contributed by atoms with Gasteiger partial charge in [0.05, 0.1) is 11.6 Å². The average Bonchev–Trinajstić information content (AvgIpc) is 2.82. The third-order valence-electron chi connectivity index (χ3n) is 2.45. The molecule has 0 unspecified atom stereocenters. The Balaban J connectivity index is 2.05. The Labute approximate surface area is 110 Å². The molecule has 1 N–H and O–H groups in total. The number of ether oxygens (including phenoxy) is 3. The number of nitrogens with one attached hydrogen (secondary N) is 1. The molecule has 0 saturated heterocycles. The quantitative estimate of drug-likeness (QED) is 0.853. The molecular formula is C12H14ClNO4. The summed E-state index contributed by atoms with van der Waals surface area (Å²) in [6.45, 7) is 2.52. The smallest absolute Gasteiger partial charge is 0.411 e. The summed E-state index contributed by atoms with van der Waals surface area (Å²) in [4.78, 5) is 11.6. The normalized spacial score (nSPS) is 12.3. The van der Waals surface area contributed by atoms with Crippen molar-refractivity contribution < 1.29 is 19.0 Å². The largest absolute Gasteiger partial charge is 0.454 e. The van der Waals surface area contributed by atoms with Gasteiger partial charge in [-0.2, -0.15) is 0 Å². The summed E-state index contributed by atoms with van der Waals surface area (Å²) in [6, 6.07) is 3.33. The fourth-order valence-corrected chi connectivity index (χ4v) is 1.71. The van der Waals surface area contributed by atoms with Crippen molar-refractivity contribution in [3.05, 3.63) is 17.2 Å². The first-order valence-corrected chi connectivity index (χ1v) is 6.12. The van der Waals surface area contributed by atoms with Crippen molar-refractivity contribution in [2.24, 2.45) is 0 Å². The summed E-state index contributed by atoms with van der Waals surface area (Å²) in [6.07, 6.45) is 1.24. The van der Waals surface area contributed by atoms with Crippen LogP contribution >= 0.6 is 11.6 Å². The Morgan fingerprint density at radius 2 is 2.33 bits per heavy atom. The molecule has 5 nitrogen and oxygen atoms in total. The van der Waals surface area contributed by atoms with Crippen LogP contribution in [0.1, 0.15) is 19.8 Å². The Morgan fingerprint density at radius 3 is 3.11 bits per heavy atom. The predicted molar refractivity (Wildman–Crippen MR) is 67.5 cm³/mol. The number of rotatable bonds is 4. The molecule has 0 saturated carbocycles. The van der Waals surface area contributed by atoms with Gasteiger partial charge in [-0.15, -0.1) is 0 Å². The van der Waals surface area contributed by atoms with Gasteiger partial charge in [0.25, 0.3) is 0 Å². The molecule has 0 fully saturated rings. The minimum atomic E-state index is -0.547. The van der Waals surface area contributed by atoms with Gasteiger partial charge in [-0.25, -0.2) is 4.79 Å². The van der Waals surface area contributed by atoms with E-state index in [1.165, 1.54) is 0 Å². The number of amides is 1. The van der Waals surface area contributed by atoms with Crippen LogP contribution in [-0.2, 0) is 4.74 Å². The molecule has 1 aromatic rings. The van der Waals surface area contributed by atoms with Crippen LogP contribution in [0.2, 0.25) is 5.02 Å². The zero-order valence-electron chi connectivity index (χ0n) is 9.99. The molecule has 0 spiro atoms. The van der Waals surface area contributed by atoms with Crippen LogP contribution in [0, 0.1) is 0 Å². The molecule has 0 atom stereocenters. The van der Waals surface area contributed by atoms with Gasteiger partial charge in [0.1, 0.15) is 5.69 Å². The van der Waals surface area contributed by atoms with Crippen molar-refractivity contribution in [2.75, 3.05) is 18.7 Å².